The van der Waals surface area contributed by atoms with E-state index in [4.69, 9.17) is 34.8 Å². The molecule has 2 amide bonds. The molecule has 1 aromatic heterocycles. The summed E-state index contributed by atoms with van der Waals surface area (Å²) in [6, 6.07) is 23.1. The van der Waals surface area contributed by atoms with Gasteiger partial charge in [0.2, 0.25) is 0 Å². The van der Waals surface area contributed by atoms with E-state index in [9.17, 15) is 4.79 Å². The molecule has 2 aliphatic rings. The molecule has 1 N–H and O–H groups in total. The Labute approximate surface area is 237 Å². The van der Waals surface area contributed by atoms with Gasteiger partial charge in [0, 0.05) is 47.9 Å². The molecule has 192 valence electrons. The fraction of sp³-hybridized carbons (Fsp3) is 0.200. The Morgan fingerprint density at radius 1 is 0.868 bits per heavy atom. The number of amides is 2. The van der Waals surface area contributed by atoms with Crippen molar-refractivity contribution in [3.05, 3.63) is 105 Å². The lowest BCUT2D eigenvalue weighted by atomic mass is 9.85. The van der Waals surface area contributed by atoms with Gasteiger partial charge in [-0.15, -0.1) is 0 Å². The number of rotatable bonds is 4. The van der Waals surface area contributed by atoms with Crippen LogP contribution in [-0.2, 0) is 6.54 Å². The second kappa shape index (κ2) is 10.1. The maximum atomic E-state index is 13.4. The van der Waals surface area contributed by atoms with E-state index in [0.717, 1.165) is 46.8 Å². The first kappa shape index (κ1) is 25.1. The zero-order valence-electron chi connectivity index (χ0n) is 20.7. The van der Waals surface area contributed by atoms with Gasteiger partial charge in [0.05, 0.1) is 21.4 Å². The van der Waals surface area contributed by atoms with Crippen LogP contribution in [0.5, 0.6) is 0 Å². The van der Waals surface area contributed by atoms with Crippen LogP contribution >= 0.6 is 34.8 Å². The third-order valence-electron chi connectivity index (χ3n) is 7.45. The van der Waals surface area contributed by atoms with Gasteiger partial charge in [-0.2, -0.15) is 0 Å². The first-order valence-corrected chi connectivity index (χ1v) is 13.7. The number of para-hydroxylation sites is 1. The van der Waals surface area contributed by atoms with Crippen molar-refractivity contribution in [1.29, 1.82) is 0 Å². The number of hydrogen-bond donors (Lipinski definition) is 1. The SMILES string of the molecule is C[C@H]1CN(c2ccccn2)CC1c1cc(-c2ccccc2Cl)c2c(c1)N(c1c(Cl)cccc1Cl)C(=O)NC2. The Kier molecular flexibility index (Phi) is 6.68. The van der Waals surface area contributed by atoms with Gasteiger partial charge in [0.25, 0.3) is 0 Å². The van der Waals surface area contributed by atoms with Crippen molar-refractivity contribution < 1.29 is 4.79 Å². The third kappa shape index (κ3) is 4.39. The van der Waals surface area contributed by atoms with Crippen LogP contribution < -0.4 is 15.1 Å². The summed E-state index contributed by atoms with van der Waals surface area (Å²) in [5, 5.41) is 4.47. The van der Waals surface area contributed by atoms with E-state index in [1.165, 1.54) is 0 Å². The summed E-state index contributed by atoms with van der Waals surface area (Å²) in [7, 11) is 0. The van der Waals surface area contributed by atoms with Crippen LogP contribution in [-0.4, -0.2) is 24.1 Å². The van der Waals surface area contributed by atoms with E-state index in [1.54, 1.807) is 23.1 Å². The van der Waals surface area contributed by atoms with Gasteiger partial charge in [0.15, 0.2) is 0 Å². The molecule has 0 radical (unpaired) electrons. The fourth-order valence-corrected chi connectivity index (χ4v) is 6.41. The number of nitrogens with one attached hydrogen (secondary N) is 1. The number of aromatic nitrogens is 1. The molecule has 5 nitrogen and oxygen atoms in total. The van der Waals surface area contributed by atoms with Gasteiger partial charge < -0.3 is 10.2 Å². The number of nitrogens with zero attached hydrogens (tertiary/aromatic N) is 3. The molecule has 6 rings (SSSR count). The smallest absolute Gasteiger partial charge is 0.326 e. The Morgan fingerprint density at radius 3 is 2.34 bits per heavy atom. The third-order valence-corrected chi connectivity index (χ3v) is 8.39. The molecule has 1 saturated heterocycles. The Bertz CT molecular complexity index is 1510. The topological polar surface area (TPSA) is 48.5 Å². The molecule has 0 saturated carbocycles. The lowest BCUT2D eigenvalue weighted by Crippen LogP contribution is -2.41. The molecule has 0 aliphatic carbocycles. The maximum Gasteiger partial charge on any atom is 0.326 e. The summed E-state index contributed by atoms with van der Waals surface area (Å²) < 4.78 is 0. The van der Waals surface area contributed by atoms with Crippen molar-refractivity contribution in [2.75, 3.05) is 22.9 Å². The number of halogens is 3. The standard InChI is InChI=1S/C30H25Cl3N4O/c1-18-16-36(28-11-4-5-12-34-28)17-23(18)19-13-21(20-7-2-3-8-24(20)31)22-15-35-30(38)37(27(22)14-19)29-25(32)9-6-10-26(29)33/h2-14,18,23H,15-17H2,1H3,(H,35,38)/t18-,23?/m0/s1. The highest BCUT2D eigenvalue weighted by Gasteiger charge is 2.36. The monoisotopic (exact) mass is 562 g/mol. The number of pyridine rings is 1. The number of anilines is 3. The number of urea groups is 1. The van der Waals surface area contributed by atoms with Crippen molar-refractivity contribution in [3.8, 4) is 11.1 Å². The molecule has 1 unspecified atom stereocenters. The number of benzene rings is 3. The lowest BCUT2D eigenvalue weighted by molar-refractivity contribution is 0.247. The summed E-state index contributed by atoms with van der Waals surface area (Å²) in [6.45, 7) is 4.34. The number of carbonyl (C=O) groups excluding carboxylic acids is 1. The summed E-state index contributed by atoms with van der Waals surface area (Å²) in [4.78, 5) is 21.9. The minimum Gasteiger partial charge on any atom is -0.356 e. The van der Waals surface area contributed by atoms with E-state index in [2.05, 4.69) is 34.3 Å². The molecule has 38 heavy (non-hydrogen) atoms. The molecule has 1 fully saturated rings. The molecule has 4 aromatic rings. The van der Waals surface area contributed by atoms with Crippen molar-refractivity contribution in [1.82, 2.24) is 10.3 Å². The molecule has 0 spiro atoms. The zero-order chi connectivity index (χ0) is 26.4. The molecule has 8 heteroatoms. The highest BCUT2D eigenvalue weighted by atomic mass is 35.5. The van der Waals surface area contributed by atoms with Crippen LogP contribution in [0.25, 0.3) is 11.1 Å². The minimum absolute atomic E-state index is 0.220. The Morgan fingerprint density at radius 2 is 1.61 bits per heavy atom. The summed E-state index contributed by atoms with van der Waals surface area (Å²) >= 11 is 19.9. The predicted molar refractivity (Wildman–Crippen MR) is 156 cm³/mol. The molecular weight excluding hydrogens is 539 g/mol. The van der Waals surface area contributed by atoms with Gasteiger partial charge in [-0.3, -0.25) is 4.90 Å². The summed E-state index contributed by atoms with van der Waals surface area (Å²) in [5.41, 5.74) is 5.23. The highest BCUT2D eigenvalue weighted by molar-refractivity contribution is 6.40. The summed E-state index contributed by atoms with van der Waals surface area (Å²) in [5.74, 6) is 1.55. The van der Waals surface area contributed by atoms with Gasteiger partial charge in [-0.05, 0) is 53.4 Å². The van der Waals surface area contributed by atoms with E-state index < -0.39 is 0 Å². The number of hydrogen-bond acceptors (Lipinski definition) is 3. The first-order valence-electron chi connectivity index (χ1n) is 12.5. The Balaban J connectivity index is 1.54. The van der Waals surface area contributed by atoms with Crippen molar-refractivity contribution in [2.45, 2.75) is 19.4 Å². The van der Waals surface area contributed by atoms with Gasteiger partial charge >= 0.3 is 6.03 Å². The second-order valence-electron chi connectivity index (χ2n) is 9.79. The second-order valence-corrected chi connectivity index (χ2v) is 11.0. The predicted octanol–water partition coefficient (Wildman–Crippen LogP) is 8.31. The minimum atomic E-state index is -0.274. The van der Waals surface area contributed by atoms with Gasteiger partial charge in [0.1, 0.15) is 5.82 Å². The molecule has 2 atom stereocenters. The molecule has 2 aliphatic heterocycles. The van der Waals surface area contributed by atoms with Crippen LogP contribution in [0.4, 0.5) is 22.0 Å². The van der Waals surface area contributed by atoms with Crippen LogP contribution in [0.2, 0.25) is 15.1 Å². The van der Waals surface area contributed by atoms with Crippen molar-refractivity contribution in [3.63, 3.8) is 0 Å². The molecule has 3 aromatic carbocycles. The van der Waals surface area contributed by atoms with Crippen LogP contribution in [0.3, 0.4) is 0 Å². The molecule has 0 bridgehead atoms. The van der Waals surface area contributed by atoms with E-state index in [1.807, 2.05) is 48.7 Å². The number of carbonyl (C=O) groups is 1. The zero-order valence-corrected chi connectivity index (χ0v) is 22.9. The van der Waals surface area contributed by atoms with Crippen LogP contribution in [0.1, 0.15) is 24.0 Å². The van der Waals surface area contributed by atoms with E-state index >= 15 is 0 Å². The normalized spacial score (nSPS) is 18.9. The number of fused-ring (bicyclic) bond motifs is 1. The highest BCUT2D eigenvalue weighted by Crippen LogP contribution is 2.47. The average Bonchev–Trinajstić information content (AvgIpc) is 3.31. The fourth-order valence-electron chi connectivity index (χ4n) is 5.60. The Hall–Kier alpha value is -3.25. The molecular formula is C30H25Cl3N4O. The van der Waals surface area contributed by atoms with E-state index in [0.29, 0.717) is 33.2 Å². The average molecular weight is 564 g/mol. The lowest BCUT2D eigenvalue weighted by Gasteiger charge is -2.34. The maximum absolute atomic E-state index is 13.4. The van der Waals surface area contributed by atoms with Crippen molar-refractivity contribution in [2.24, 2.45) is 5.92 Å². The largest absolute Gasteiger partial charge is 0.356 e. The quantitative estimate of drug-likeness (QED) is 0.272. The first-order chi connectivity index (χ1) is 18.4. The van der Waals surface area contributed by atoms with E-state index in [-0.39, 0.29) is 11.9 Å². The van der Waals surface area contributed by atoms with Crippen LogP contribution in [0, 0.1) is 5.92 Å². The summed E-state index contributed by atoms with van der Waals surface area (Å²) in [6.07, 6.45) is 1.82. The van der Waals surface area contributed by atoms with Gasteiger partial charge in [-0.1, -0.05) is 78.1 Å². The van der Waals surface area contributed by atoms with Gasteiger partial charge in [-0.25, -0.2) is 9.78 Å². The van der Waals surface area contributed by atoms with Crippen LogP contribution in [0.15, 0.2) is 79.0 Å². The van der Waals surface area contributed by atoms with Crippen molar-refractivity contribution >= 4 is 58.0 Å². The molecule has 3 heterocycles.